The van der Waals surface area contributed by atoms with Gasteiger partial charge in [-0.3, -0.25) is 14.7 Å². The van der Waals surface area contributed by atoms with Gasteiger partial charge in [0.15, 0.2) is 5.78 Å². The zero-order chi connectivity index (χ0) is 16.2. The first-order valence-electron chi connectivity index (χ1n) is 7.73. The average Bonchev–Trinajstić information content (AvgIpc) is 2.55. The van der Waals surface area contributed by atoms with E-state index in [2.05, 4.69) is 41.2 Å². The van der Waals surface area contributed by atoms with E-state index in [1.165, 1.54) is 21.9 Å². The Morgan fingerprint density at radius 1 is 1.04 bits per heavy atom. The lowest BCUT2D eigenvalue weighted by Crippen LogP contribution is -2.17. The maximum absolute atomic E-state index is 11.3. The minimum absolute atomic E-state index is 0.106. The third kappa shape index (κ3) is 3.63. The van der Waals surface area contributed by atoms with Crippen LogP contribution in [0.5, 0.6) is 0 Å². The number of carbonyl (C=O) groups is 1. The molecule has 1 heterocycles. The highest BCUT2D eigenvalue weighted by atomic mass is 16.1. The summed E-state index contributed by atoms with van der Waals surface area (Å²) in [5, 5.41) is 2.42. The highest BCUT2D eigenvalue weighted by molar-refractivity contribution is 5.94. The fourth-order valence-corrected chi connectivity index (χ4v) is 2.83. The first kappa shape index (κ1) is 15.4. The van der Waals surface area contributed by atoms with Crippen LogP contribution in [0.4, 0.5) is 0 Å². The summed E-state index contributed by atoms with van der Waals surface area (Å²) in [6.07, 6.45) is 3.74. The Kier molecular flexibility index (Phi) is 4.49. The second-order valence-electron chi connectivity index (χ2n) is 5.94. The first-order chi connectivity index (χ1) is 11.1. The monoisotopic (exact) mass is 304 g/mol. The average molecular weight is 304 g/mol. The van der Waals surface area contributed by atoms with Crippen LogP contribution in [0.25, 0.3) is 10.8 Å². The fourth-order valence-electron chi connectivity index (χ4n) is 2.83. The Labute approximate surface area is 136 Å². The molecule has 3 heteroatoms. The van der Waals surface area contributed by atoms with Crippen molar-refractivity contribution < 1.29 is 4.79 Å². The van der Waals surface area contributed by atoms with Crippen molar-refractivity contribution in [3.8, 4) is 0 Å². The summed E-state index contributed by atoms with van der Waals surface area (Å²) in [7, 11) is 2.11. The van der Waals surface area contributed by atoms with Gasteiger partial charge in [0.05, 0.1) is 0 Å². The number of hydrogen-bond donors (Lipinski definition) is 0. The fraction of sp³-hybridized carbons (Fsp3) is 0.200. The van der Waals surface area contributed by atoms with Gasteiger partial charge in [-0.25, -0.2) is 0 Å². The van der Waals surface area contributed by atoms with Gasteiger partial charge in [0.1, 0.15) is 0 Å². The predicted octanol–water partition coefficient (Wildman–Crippen LogP) is 4.07. The van der Waals surface area contributed by atoms with Crippen molar-refractivity contribution >= 4 is 16.6 Å². The number of benzene rings is 2. The van der Waals surface area contributed by atoms with Crippen molar-refractivity contribution in [3.63, 3.8) is 0 Å². The Morgan fingerprint density at radius 2 is 1.83 bits per heavy atom. The van der Waals surface area contributed by atoms with Gasteiger partial charge in [-0.1, -0.05) is 42.5 Å². The number of ketones is 1. The van der Waals surface area contributed by atoms with Crippen LogP contribution in [-0.4, -0.2) is 22.7 Å². The summed E-state index contributed by atoms with van der Waals surface area (Å²) >= 11 is 0. The van der Waals surface area contributed by atoms with Gasteiger partial charge in [-0.2, -0.15) is 0 Å². The Morgan fingerprint density at radius 3 is 2.57 bits per heavy atom. The lowest BCUT2D eigenvalue weighted by Gasteiger charge is -2.18. The molecule has 0 atom stereocenters. The molecule has 2 aromatic carbocycles. The Bertz CT molecular complexity index is 819. The molecule has 1 aromatic heterocycles. The zero-order valence-electron chi connectivity index (χ0n) is 13.5. The molecule has 3 rings (SSSR count). The lowest BCUT2D eigenvalue weighted by atomic mass is 10.1. The van der Waals surface area contributed by atoms with Gasteiger partial charge in [0.2, 0.25) is 0 Å². The van der Waals surface area contributed by atoms with E-state index < -0.39 is 0 Å². The number of aromatic nitrogens is 1. The summed E-state index contributed by atoms with van der Waals surface area (Å²) < 4.78 is 0. The van der Waals surface area contributed by atoms with E-state index in [0.29, 0.717) is 0 Å². The van der Waals surface area contributed by atoms with E-state index in [1.807, 2.05) is 36.7 Å². The quantitative estimate of drug-likeness (QED) is 0.666. The number of hydrogen-bond acceptors (Lipinski definition) is 3. The predicted molar refractivity (Wildman–Crippen MR) is 93.4 cm³/mol. The number of nitrogens with zero attached hydrogens (tertiary/aromatic N) is 2. The Balaban J connectivity index is 1.73. The van der Waals surface area contributed by atoms with Crippen LogP contribution in [-0.2, 0) is 13.1 Å². The normalized spacial score (nSPS) is 11.1. The molecule has 0 aliphatic heterocycles. The third-order valence-corrected chi connectivity index (χ3v) is 4.02. The van der Waals surface area contributed by atoms with E-state index in [-0.39, 0.29) is 5.78 Å². The van der Waals surface area contributed by atoms with E-state index in [1.54, 1.807) is 6.92 Å². The minimum Gasteiger partial charge on any atom is -0.298 e. The van der Waals surface area contributed by atoms with Gasteiger partial charge >= 0.3 is 0 Å². The van der Waals surface area contributed by atoms with Crippen molar-refractivity contribution in [2.24, 2.45) is 0 Å². The number of Topliss-reactive ketones (excluding diaryl/α,β-unsaturated/α-hetero) is 1. The molecule has 0 bridgehead atoms. The molecule has 0 amide bonds. The molecule has 0 fully saturated rings. The standard InChI is InChI=1S/C20H20N2O/c1-15(23)17-8-6-16(7-9-17)13-22(2)14-19-5-3-4-18-12-21-11-10-20(18)19/h3-12H,13-14H2,1-2H3. The van der Waals surface area contributed by atoms with Crippen LogP contribution in [0, 0.1) is 0 Å². The van der Waals surface area contributed by atoms with Crippen LogP contribution in [0.15, 0.2) is 60.9 Å². The number of fused-ring (bicyclic) bond motifs is 1. The topological polar surface area (TPSA) is 33.2 Å². The van der Waals surface area contributed by atoms with Crippen LogP contribution < -0.4 is 0 Å². The van der Waals surface area contributed by atoms with E-state index in [9.17, 15) is 4.79 Å². The molecule has 0 spiro atoms. The first-order valence-corrected chi connectivity index (χ1v) is 7.73. The number of rotatable bonds is 5. The highest BCUT2D eigenvalue weighted by Gasteiger charge is 2.06. The molecule has 0 N–H and O–H groups in total. The second-order valence-corrected chi connectivity index (χ2v) is 5.94. The Hall–Kier alpha value is -2.52. The summed E-state index contributed by atoms with van der Waals surface area (Å²) in [6, 6.07) is 16.3. The van der Waals surface area contributed by atoms with Crippen LogP contribution in [0.2, 0.25) is 0 Å². The second kappa shape index (κ2) is 6.71. The molecule has 0 aliphatic rings. The van der Waals surface area contributed by atoms with Gasteiger partial charge < -0.3 is 0 Å². The van der Waals surface area contributed by atoms with Gasteiger partial charge in [-0.05, 0) is 36.6 Å². The summed E-state index contributed by atoms with van der Waals surface area (Å²) in [5.41, 5.74) is 3.27. The molecule has 0 aliphatic carbocycles. The summed E-state index contributed by atoms with van der Waals surface area (Å²) in [6.45, 7) is 3.31. The summed E-state index contributed by atoms with van der Waals surface area (Å²) in [4.78, 5) is 17.8. The number of pyridine rings is 1. The van der Waals surface area contributed by atoms with Gasteiger partial charge in [-0.15, -0.1) is 0 Å². The maximum Gasteiger partial charge on any atom is 0.159 e. The molecule has 3 nitrogen and oxygen atoms in total. The van der Waals surface area contributed by atoms with Gasteiger partial charge in [0, 0.05) is 36.4 Å². The van der Waals surface area contributed by atoms with E-state index in [0.717, 1.165) is 18.7 Å². The molecular weight excluding hydrogens is 284 g/mol. The van der Waals surface area contributed by atoms with Crippen molar-refractivity contribution in [3.05, 3.63) is 77.6 Å². The molecule has 0 radical (unpaired) electrons. The minimum atomic E-state index is 0.106. The van der Waals surface area contributed by atoms with Gasteiger partial charge in [0.25, 0.3) is 0 Å². The zero-order valence-corrected chi connectivity index (χ0v) is 13.5. The van der Waals surface area contributed by atoms with E-state index in [4.69, 9.17) is 0 Å². The molecule has 0 unspecified atom stereocenters. The van der Waals surface area contributed by atoms with Crippen LogP contribution >= 0.6 is 0 Å². The molecule has 0 saturated heterocycles. The molecule has 116 valence electrons. The molecule has 23 heavy (non-hydrogen) atoms. The lowest BCUT2D eigenvalue weighted by molar-refractivity contribution is 0.101. The smallest absolute Gasteiger partial charge is 0.159 e. The van der Waals surface area contributed by atoms with Crippen LogP contribution in [0.3, 0.4) is 0 Å². The highest BCUT2D eigenvalue weighted by Crippen LogP contribution is 2.19. The molecule has 3 aromatic rings. The number of carbonyl (C=O) groups excluding carboxylic acids is 1. The van der Waals surface area contributed by atoms with Crippen LogP contribution in [0.1, 0.15) is 28.4 Å². The molecular formula is C20H20N2O. The SMILES string of the molecule is CC(=O)c1ccc(CN(C)Cc2cccc3cnccc23)cc1. The van der Waals surface area contributed by atoms with Crippen molar-refractivity contribution in [2.45, 2.75) is 20.0 Å². The molecule has 0 saturated carbocycles. The van der Waals surface area contributed by atoms with Crippen molar-refractivity contribution in [2.75, 3.05) is 7.05 Å². The van der Waals surface area contributed by atoms with Crippen molar-refractivity contribution in [1.29, 1.82) is 0 Å². The van der Waals surface area contributed by atoms with E-state index >= 15 is 0 Å². The maximum atomic E-state index is 11.3. The summed E-state index contributed by atoms with van der Waals surface area (Å²) in [5.74, 6) is 0.106. The largest absolute Gasteiger partial charge is 0.298 e. The van der Waals surface area contributed by atoms with Crippen molar-refractivity contribution in [1.82, 2.24) is 9.88 Å². The third-order valence-electron chi connectivity index (χ3n) is 4.02.